The molecule has 0 fully saturated rings. The molecule has 0 aliphatic carbocycles. The number of nitrogens with one attached hydrogen (secondary N) is 1. The fraction of sp³-hybridized carbons (Fsp3) is 0.176. The summed E-state index contributed by atoms with van der Waals surface area (Å²) in [6, 6.07) is 12.5. The Kier molecular flexibility index (Phi) is 6.71. The van der Waals surface area contributed by atoms with Crippen LogP contribution in [0.25, 0.3) is 0 Å². The zero-order valence-corrected chi connectivity index (χ0v) is 13.9. The minimum absolute atomic E-state index is 0.0438. The first-order valence-corrected chi connectivity index (χ1v) is 7.62. The summed E-state index contributed by atoms with van der Waals surface area (Å²) in [7, 11) is 0. The first-order valence-electron chi connectivity index (χ1n) is 7.24. The van der Waals surface area contributed by atoms with Gasteiger partial charge in [-0.15, -0.1) is 0 Å². The number of carbonyl (C=O) groups is 1. The van der Waals surface area contributed by atoms with Crippen molar-refractivity contribution < 1.29 is 23.1 Å². The number of ether oxygens (including phenoxy) is 1. The van der Waals surface area contributed by atoms with Gasteiger partial charge in [-0.3, -0.25) is 4.79 Å². The van der Waals surface area contributed by atoms with Crippen molar-refractivity contribution in [3.63, 3.8) is 0 Å². The van der Waals surface area contributed by atoms with Crippen molar-refractivity contribution in [1.82, 2.24) is 0 Å². The number of anilines is 1. The molecule has 0 unspecified atom stereocenters. The normalized spacial score (nSPS) is 12.2. The molecule has 0 spiro atoms. The first kappa shape index (κ1) is 18.7. The van der Waals surface area contributed by atoms with E-state index in [0.29, 0.717) is 16.3 Å². The van der Waals surface area contributed by atoms with Crippen molar-refractivity contribution in [3.05, 3.63) is 59.1 Å². The Labute approximate surface area is 148 Å². The maximum Gasteiger partial charge on any atom is 0.387 e. The van der Waals surface area contributed by atoms with Crippen molar-refractivity contribution in [2.75, 3.05) is 5.32 Å². The Bertz CT molecular complexity index is 739. The van der Waals surface area contributed by atoms with Crippen LogP contribution in [0.2, 0.25) is 5.02 Å². The molecule has 0 heterocycles. The molecular formula is C17H15ClF2N2O3. The van der Waals surface area contributed by atoms with Gasteiger partial charge in [0.05, 0.1) is 6.21 Å². The lowest BCUT2D eigenvalue weighted by atomic mass is 10.2. The molecule has 5 nitrogen and oxygen atoms in total. The molecule has 2 aromatic rings. The summed E-state index contributed by atoms with van der Waals surface area (Å²) in [5.74, 6) is -0.345. The van der Waals surface area contributed by atoms with Crippen molar-refractivity contribution in [1.29, 1.82) is 0 Å². The summed E-state index contributed by atoms with van der Waals surface area (Å²) in [6.45, 7) is -1.33. The predicted molar refractivity (Wildman–Crippen MR) is 91.3 cm³/mol. The van der Waals surface area contributed by atoms with Gasteiger partial charge in [-0.25, -0.2) is 0 Å². The molecule has 0 aromatic heterocycles. The largest absolute Gasteiger partial charge is 0.435 e. The van der Waals surface area contributed by atoms with Gasteiger partial charge in [-0.2, -0.15) is 8.78 Å². The van der Waals surface area contributed by atoms with E-state index < -0.39 is 12.7 Å². The van der Waals surface area contributed by atoms with Crippen molar-refractivity contribution in [2.24, 2.45) is 5.16 Å². The molecule has 0 saturated heterocycles. The number of hydrogen-bond donors (Lipinski definition) is 1. The summed E-state index contributed by atoms with van der Waals surface area (Å²) in [5, 5.41) is 6.86. The van der Waals surface area contributed by atoms with E-state index in [1.807, 2.05) is 0 Å². The van der Waals surface area contributed by atoms with Gasteiger partial charge in [-0.1, -0.05) is 22.8 Å². The van der Waals surface area contributed by atoms with E-state index in [9.17, 15) is 13.6 Å². The van der Waals surface area contributed by atoms with E-state index in [0.717, 1.165) is 0 Å². The van der Waals surface area contributed by atoms with Gasteiger partial charge in [0.1, 0.15) is 5.75 Å². The topological polar surface area (TPSA) is 59.9 Å². The smallest absolute Gasteiger partial charge is 0.387 e. The summed E-state index contributed by atoms with van der Waals surface area (Å²) in [5.41, 5.74) is 1.15. The van der Waals surface area contributed by atoms with E-state index in [2.05, 4.69) is 15.2 Å². The van der Waals surface area contributed by atoms with Gasteiger partial charge in [-0.05, 0) is 55.0 Å². The van der Waals surface area contributed by atoms with Gasteiger partial charge in [0.15, 0.2) is 0 Å². The summed E-state index contributed by atoms with van der Waals surface area (Å²) < 4.78 is 28.3. The standard InChI is InChI=1S/C17H15ClF2N2O3/c1-11(16(23)22-14-4-2-3-13(18)9-14)25-21-10-12-5-7-15(8-6-12)24-17(19)20/h2-11,17H,1H3,(H,22,23)/b21-10-/t11-/m1/s1. The maximum atomic E-state index is 12.1. The number of rotatable bonds is 7. The Morgan fingerprint density at radius 1 is 1.24 bits per heavy atom. The van der Waals surface area contributed by atoms with E-state index >= 15 is 0 Å². The van der Waals surface area contributed by atoms with Crippen molar-refractivity contribution in [2.45, 2.75) is 19.6 Å². The van der Waals surface area contributed by atoms with Gasteiger partial charge < -0.3 is 14.9 Å². The number of nitrogens with zero attached hydrogens (tertiary/aromatic N) is 1. The van der Waals surface area contributed by atoms with Crippen LogP contribution in [0.1, 0.15) is 12.5 Å². The molecular weight excluding hydrogens is 354 g/mol. The van der Waals surface area contributed by atoms with E-state index in [4.69, 9.17) is 16.4 Å². The maximum absolute atomic E-state index is 12.1. The molecule has 0 bridgehead atoms. The van der Waals surface area contributed by atoms with Gasteiger partial charge >= 0.3 is 6.61 Å². The van der Waals surface area contributed by atoms with Gasteiger partial charge in [0.25, 0.3) is 5.91 Å². The lowest BCUT2D eigenvalue weighted by molar-refractivity contribution is -0.126. The number of alkyl halides is 2. The van der Waals surface area contributed by atoms with Crippen molar-refractivity contribution >= 4 is 29.4 Å². The fourth-order valence-corrected chi connectivity index (χ4v) is 1.97. The molecule has 0 radical (unpaired) electrons. The van der Waals surface area contributed by atoms with E-state index in [-0.39, 0.29) is 11.7 Å². The first-order chi connectivity index (χ1) is 11.9. The van der Waals surface area contributed by atoms with Crippen LogP contribution in [-0.2, 0) is 9.63 Å². The SMILES string of the molecule is C[C@@H](O/N=C\c1ccc(OC(F)F)cc1)C(=O)Nc1cccc(Cl)c1. The number of amides is 1. The molecule has 1 atom stereocenters. The molecule has 132 valence electrons. The lowest BCUT2D eigenvalue weighted by Gasteiger charge is -2.10. The second-order valence-corrected chi connectivity index (χ2v) is 5.37. The quantitative estimate of drug-likeness (QED) is 0.585. The van der Waals surface area contributed by atoms with E-state index in [1.54, 1.807) is 24.3 Å². The summed E-state index contributed by atoms with van der Waals surface area (Å²) >= 11 is 5.84. The van der Waals surface area contributed by atoms with Crippen LogP contribution in [0.4, 0.5) is 14.5 Å². The van der Waals surface area contributed by atoms with Gasteiger partial charge in [0, 0.05) is 10.7 Å². The number of carbonyl (C=O) groups excluding carboxylic acids is 1. The number of halogens is 3. The monoisotopic (exact) mass is 368 g/mol. The van der Waals surface area contributed by atoms with Crippen LogP contribution >= 0.6 is 11.6 Å². The number of hydrogen-bond acceptors (Lipinski definition) is 4. The Hall–Kier alpha value is -2.67. The van der Waals surface area contributed by atoms with Gasteiger partial charge in [0.2, 0.25) is 6.10 Å². The Balaban J connectivity index is 1.85. The molecule has 2 rings (SSSR count). The average molecular weight is 369 g/mol. The highest BCUT2D eigenvalue weighted by atomic mass is 35.5. The van der Waals surface area contributed by atoms with Crippen LogP contribution in [0.15, 0.2) is 53.7 Å². The van der Waals surface area contributed by atoms with Crippen LogP contribution in [0, 0.1) is 0 Å². The van der Waals surface area contributed by atoms with Crippen LogP contribution in [-0.4, -0.2) is 24.8 Å². The molecule has 8 heteroatoms. The minimum Gasteiger partial charge on any atom is -0.435 e. The van der Waals surface area contributed by atoms with Crippen LogP contribution in [0.5, 0.6) is 5.75 Å². The molecule has 2 aromatic carbocycles. The van der Waals surface area contributed by atoms with E-state index in [1.165, 1.54) is 37.4 Å². The fourth-order valence-electron chi connectivity index (χ4n) is 1.78. The molecule has 0 aliphatic heterocycles. The zero-order chi connectivity index (χ0) is 18.2. The highest BCUT2D eigenvalue weighted by Gasteiger charge is 2.14. The van der Waals surface area contributed by atoms with Crippen LogP contribution in [0.3, 0.4) is 0 Å². The number of oxime groups is 1. The molecule has 1 amide bonds. The Morgan fingerprint density at radius 2 is 1.96 bits per heavy atom. The predicted octanol–water partition coefficient (Wildman–Crippen LogP) is 4.32. The Morgan fingerprint density at radius 3 is 2.60 bits per heavy atom. The average Bonchev–Trinajstić information content (AvgIpc) is 2.56. The second kappa shape index (κ2) is 8.98. The molecule has 0 aliphatic rings. The van der Waals surface area contributed by atoms with Crippen molar-refractivity contribution in [3.8, 4) is 5.75 Å². The lowest BCUT2D eigenvalue weighted by Crippen LogP contribution is -2.26. The van der Waals surface area contributed by atoms with Crippen LogP contribution < -0.4 is 10.1 Å². The zero-order valence-electron chi connectivity index (χ0n) is 13.2. The highest BCUT2D eigenvalue weighted by molar-refractivity contribution is 6.30. The third-order valence-corrected chi connectivity index (χ3v) is 3.22. The third kappa shape index (κ3) is 6.39. The second-order valence-electron chi connectivity index (χ2n) is 4.93. The number of benzene rings is 2. The molecule has 1 N–H and O–H groups in total. The minimum atomic E-state index is -2.87. The third-order valence-electron chi connectivity index (χ3n) is 2.99. The molecule has 25 heavy (non-hydrogen) atoms. The molecule has 0 saturated carbocycles. The summed E-state index contributed by atoms with van der Waals surface area (Å²) in [4.78, 5) is 17.1. The summed E-state index contributed by atoms with van der Waals surface area (Å²) in [6.07, 6.45) is 0.520. The highest BCUT2D eigenvalue weighted by Crippen LogP contribution is 2.16.